The lowest BCUT2D eigenvalue weighted by Crippen LogP contribution is -2.60. The van der Waals surface area contributed by atoms with E-state index in [0.29, 0.717) is 12.8 Å². The molecule has 1 aliphatic heterocycles. The fraction of sp³-hybridized carbons (Fsp3) is 0.222. The predicted octanol–water partition coefficient (Wildman–Crippen LogP) is 3.31. The summed E-state index contributed by atoms with van der Waals surface area (Å²) < 4.78 is 0. The van der Waals surface area contributed by atoms with E-state index in [-0.39, 0.29) is 23.0 Å². The van der Waals surface area contributed by atoms with Crippen molar-refractivity contribution in [2.45, 2.75) is 29.0 Å². The maximum atomic E-state index is 12.1. The Kier molecular flexibility index (Phi) is 4.59. The van der Waals surface area contributed by atoms with Crippen molar-refractivity contribution in [2.24, 2.45) is 0 Å². The molecule has 0 aromatic heterocycles. The molecule has 112 valence electrons. The van der Waals surface area contributed by atoms with Crippen LogP contribution in [0.15, 0.2) is 65.6 Å². The Balaban J connectivity index is 1.54. The second-order valence-corrected chi connectivity index (χ2v) is 6.51. The molecule has 1 fully saturated rings. The van der Waals surface area contributed by atoms with Crippen molar-refractivity contribution in [3.8, 4) is 0 Å². The summed E-state index contributed by atoms with van der Waals surface area (Å²) in [5.74, 6) is 0.191. The first kappa shape index (κ1) is 14.9. The lowest BCUT2D eigenvalue weighted by molar-refractivity contribution is -0.127. The first-order valence-electron chi connectivity index (χ1n) is 7.34. The number of carbonyl (C=O) groups is 2. The Morgan fingerprint density at radius 2 is 1.64 bits per heavy atom. The zero-order chi connectivity index (χ0) is 15.4. The number of ketones is 1. The molecule has 1 saturated heterocycles. The number of amides is 1. The zero-order valence-corrected chi connectivity index (χ0v) is 12.9. The molecule has 2 unspecified atom stereocenters. The Morgan fingerprint density at radius 1 is 1.00 bits per heavy atom. The van der Waals surface area contributed by atoms with E-state index < -0.39 is 0 Å². The standard InChI is InChI=1S/C18H17NO2S/c20-16(13-7-3-1-4-8-13)12-11-15-17(18(21)19-15)22-14-9-5-2-6-10-14/h1-10,15,17H,11-12H2,(H,19,21). The molecule has 4 heteroatoms. The smallest absolute Gasteiger partial charge is 0.235 e. The van der Waals surface area contributed by atoms with Gasteiger partial charge in [0.2, 0.25) is 5.91 Å². The minimum absolute atomic E-state index is 0.0611. The van der Waals surface area contributed by atoms with Crippen LogP contribution < -0.4 is 5.32 Å². The van der Waals surface area contributed by atoms with Crippen molar-refractivity contribution in [3.05, 3.63) is 66.2 Å². The lowest BCUT2D eigenvalue weighted by Gasteiger charge is -2.36. The number of hydrogen-bond acceptors (Lipinski definition) is 3. The third-order valence-electron chi connectivity index (χ3n) is 3.74. The molecule has 0 spiro atoms. The second kappa shape index (κ2) is 6.79. The van der Waals surface area contributed by atoms with Crippen LogP contribution in [0.5, 0.6) is 0 Å². The fourth-order valence-electron chi connectivity index (χ4n) is 2.49. The summed E-state index contributed by atoms with van der Waals surface area (Å²) in [6.07, 6.45) is 1.14. The predicted molar refractivity (Wildman–Crippen MR) is 88.0 cm³/mol. The maximum Gasteiger partial charge on any atom is 0.235 e. The minimum atomic E-state index is -0.0917. The number of Topliss-reactive ketones (excluding diaryl/α,β-unsaturated/α-hetero) is 1. The van der Waals surface area contributed by atoms with Crippen LogP contribution in [0.2, 0.25) is 0 Å². The van der Waals surface area contributed by atoms with Gasteiger partial charge < -0.3 is 5.32 Å². The van der Waals surface area contributed by atoms with Crippen LogP contribution in [-0.4, -0.2) is 23.0 Å². The molecular formula is C18H17NO2S. The number of rotatable bonds is 6. The quantitative estimate of drug-likeness (QED) is 0.657. The Bertz CT molecular complexity index is 657. The van der Waals surface area contributed by atoms with E-state index >= 15 is 0 Å². The molecule has 1 N–H and O–H groups in total. The summed E-state index contributed by atoms with van der Waals surface area (Å²) in [4.78, 5) is 24.9. The first-order chi connectivity index (χ1) is 10.7. The Morgan fingerprint density at radius 3 is 2.27 bits per heavy atom. The van der Waals surface area contributed by atoms with Gasteiger partial charge in [-0.1, -0.05) is 48.5 Å². The van der Waals surface area contributed by atoms with E-state index in [1.54, 1.807) is 11.8 Å². The summed E-state index contributed by atoms with van der Waals surface area (Å²) in [7, 11) is 0. The van der Waals surface area contributed by atoms with Crippen LogP contribution in [0, 0.1) is 0 Å². The van der Waals surface area contributed by atoms with Crippen molar-refractivity contribution in [3.63, 3.8) is 0 Å². The van der Waals surface area contributed by atoms with Crippen LogP contribution >= 0.6 is 11.8 Å². The summed E-state index contributed by atoms with van der Waals surface area (Å²) in [6.45, 7) is 0. The number of carbonyl (C=O) groups excluding carboxylic acids is 2. The maximum absolute atomic E-state index is 12.1. The normalized spacial score (nSPS) is 20.1. The van der Waals surface area contributed by atoms with E-state index in [2.05, 4.69) is 5.32 Å². The van der Waals surface area contributed by atoms with Gasteiger partial charge in [-0.05, 0) is 18.6 Å². The van der Waals surface area contributed by atoms with E-state index in [9.17, 15) is 9.59 Å². The molecule has 2 atom stereocenters. The van der Waals surface area contributed by atoms with Crippen molar-refractivity contribution >= 4 is 23.5 Å². The van der Waals surface area contributed by atoms with Gasteiger partial charge in [-0.2, -0.15) is 0 Å². The molecule has 3 rings (SSSR count). The topological polar surface area (TPSA) is 46.2 Å². The Labute approximate surface area is 134 Å². The van der Waals surface area contributed by atoms with Crippen LogP contribution in [0.1, 0.15) is 23.2 Å². The molecular weight excluding hydrogens is 294 g/mol. The summed E-state index contributed by atoms with van der Waals surface area (Å²) in [5, 5.41) is 2.82. The zero-order valence-electron chi connectivity index (χ0n) is 12.1. The number of benzene rings is 2. The van der Waals surface area contributed by atoms with Crippen molar-refractivity contribution in [2.75, 3.05) is 0 Å². The third-order valence-corrected chi connectivity index (χ3v) is 5.08. The van der Waals surface area contributed by atoms with Gasteiger partial charge in [0.15, 0.2) is 5.78 Å². The highest BCUT2D eigenvalue weighted by molar-refractivity contribution is 8.00. The average Bonchev–Trinajstić information content (AvgIpc) is 2.58. The number of hydrogen-bond donors (Lipinski definition) is 1. The van der Waals surface area contributed by atoms with Gasteiger partial charge in [0.25, 0.3) is 0 Å². The SMILES string of the molecule is O=C(CCC1NC(=O)C1Sc1ccccc1)c1ccccc1. The molecule has 2 aromatic rings. The van der Waals surface area contributed by atoms with Crippen LogP contribution in [-0.2, 0) is 4.79 Å². The van der Waals surface area contributed by atoms with Gasteiger partial charge in [-0.25, -0.2) is 0 Å². The van der Waals surface area contributed by atoms with Gasteiger partial charge >= 0.3 is 0 Å². The van der Waals surface area contributed by atoms with Crippen molar-refractivity contribution < 1.29 is 9.59 Å². The van der Waals surface area contributed by atoms with Gasteiger partial charge in [0.05, 0.1) is 6.04 Å². The van der Waals surface area contributed by atoms with Gasteiger partial charge in [-0.15, -0.1) is 11.8 Å². The van der Waals surface area contributed by atoms with Gasteiger partial charge in [0, 0.05) is 16.9 Å². The van der Waals surface area contributed by atoms with E-state index in [1.165, 1.54) is 0 Å². The highest BCUT2D eigenvalue weighted by atomic mass is 32.2. The van der Waals surface area contributed by atoms with E-state index in [0.717, 1.165) is 10.5 Å². The number of β-lactam (4-membered cyclic amide) rings is 1. The summed E-state index contributed by atoms with van der Waals surface area (Å²) in [5.41, 5.74) is 0.736. The van der Waals surface area contributed by atoms with E-state index in [1.807, 2.05) is 60.7 Å². The van der Waals surface area contributed by atoms with Crippen molar-refractivity contribution in [1.29, 1.82) is 0 Å². The molecule has 0 saturated carbocycles. The first-order valence-corrected chi connectivity index (χ1v) is 8.22. The average molecular weight is 311 g/mol. The third kappa shape index (κ3) is 3.39. The summed E-state index contributed by atoms with van der Waals surface area (Å²) >= 11 is 1.57. The summed E-state index contributed by atoms with van der Waals surface area (Å²) in [6, 6.07) is 19.3. The molecule has 0 radical (unpaired) electrons. The molecule has 0 bridgehead atoms. The van der Waals surface area contributed by atoms with Crippen LogP contribution in [0.3, 0.4) is 0 Å². The van der Waals surface area contributed by atoms with E-state index in [4.69, 9.17) is 0 Å². The highest BCUT2D eigenvalue weighted by Gasteiger charge is 2.39. The molecule has 1 amide bonds. The van der Waals surface area contributed by atoms with Gasteiger partial charge in [-0.3, -0.25) is 9.59 Å². The molecule has 2 aromatic carbocycles. The van der Waals surface area contributed by atoms with Crippen molar-refractivity contribution in [1.82, 2.24) is 5.32 Å². The molecule has 1 heterocycles. The molecule has 22 heavy (non-hydrogen) atoms. The highest BCUT2D eigenvalue weighted by Crippen LogP contribution is 2.31. The molecule has 0 aliphatic carbocycles. The molecule has 3 nitrogen and oxygen atoms in total. The minimum Gasteiger partial charge on any atom is -0.351 e. The number of thioether (sulfide) groups is 1. The second-order valence-electron chi connectivity index (χ2n) is 5.29. The largest absolute Gasteiger partial charge is 0.351 e. The van der Waals surface area contributed by atoms with Gasteiger partial charge in [0.1, 0.15) is 5.25 Å². The van der Waals surface area contributed by atoms with Crippen LogP contribution in [0.4, 0.5) is 0 Å². The van der Waals surface area contributed by atoms with Crippen LogP contribution in [0.25, 0.3) is 0 Å². The fourth-order valence-corrected chi connectivity index (χ4v) is 3.64. The lowest BCUT2D eigenvalue weighted by atomic mass is 9.96. The number of nitrogens with one attached hydrogen (secondary N) is 1. The Hall–Kier alpha value is -2.07. The molecule has 1 aliphatic rings. The monoisotopic (exact) mass is 311 g/mol.